The molecule has 3 aliphatic heterocycles. The van der Waals surface area contributed by atoms with Gasteiger partial charge in [-0.1, -0.05) is 90.9 Å². The number of guanidine groups is 2. The Morgan fingerprint density at radius 2 is 1.01 bits per heavy atom. The smallest absolute Gasteiger partial charge is 0.326 e. The van der Waals surface area contributed by atoms with Crippen LogP contribution in [0.5, 0.6) is 5.75 Å². The number of unbranched alkanes of at least 4 members (excludes halogenated alkanes) is 1. The quantitative estimate of drug-likeness (QED) is 0.0146. The van der Waals surface area contributed by atoms with Crippen molar-refractivity contribution < 1.29 is 91.7 Å². The molecule has 10 atom stereocenters. The monoisotopic (exact) mass is 1710 g/mol. The van der Waals surface area contributed by atoms with Crippen LogP contribution >= 0.6 is 0 Å². The number of phenols is 1. The number of amides is 16. The minimum atomic E-state index is -1.49. The Morgan fingerprint density at radius 3 is 1.60 bits per heavy atom. The Balaban J connectivity index is 1.16. The van der Waals surface area contributed by atoms with Gasteiger partial charge in [-0.2, -0.15) is 0 Å². The zero-order valence-electron chi connectivity index (χ0n) is 71.1. The van der Waals surface area contributed by atoms with Crippen molar-refractivity contribution in [3.05, 3.63) is 77.9 Å². The highest BCUT2D eigenvalue weighted by Gasteiger charge is 2.45. The molecule has 40 nitrogen and oxygen atoms in total. The number of benzene rings is 2. The summed E-state index contributed by atoms with van der Waals surface area (Å²) in [5, 5.41) is 69.7. The molecule has 2 aromatic rings. The maximum absolute atomic E-state index is 15.0. The minimum absolute atomic E-state index is 0.00810. The minimum Gasteiger partial charge on any atom is -0.508 e. The van der Waals surface area contributed by atoms with Crippen LogP contribution in [0.2, 0.25) is 0 Å². The number of nitrogens with one attached hydrogen (secondary N) is 15. The number of phenolic OH excluding ortho intramolecular Hbond substituents is 1. The standard InChI is InChI=1S/C82H125N21O19/c1-48(2)42-56(70(112)92-46-65(108)88-38-19-41-103-67(110)33-34-68(103)111)96-72(114)57(44-51-20-11-10-12-21-51)94-66(109)47-91-64(107)32-31-63(106)87-35-14-13-22-55(93-50(5)104)76(118)101-39-17-25-61(101)74(116)97-58(43-49(3)4)77(119)102-40-18-26-62(102)78(120)100(9)60(24-16-37-90-81(85)86)73(115)99-69(82(6,7)8)75(117)95-54(23-15-36-89-80(83)84)71(113)98-59(79(121)122)45-52-27-29-53(105)30-28-52/h10-12,20-21,27-30,33-34,48-49,54-62,69,105H,13-19,22-26,31-32,35-47H2,1-9H3,(H,87,106)(H,88,108)(H,91,107)(H,92,112)(H,93,104)(H,94,109)(H,95,117)(H,96,114)(H,97,116)(H,98,113)(H,99,115)(H,121,122)(H4,83,84,89)(H4,85,86,90)/t54-,55-,56-,57-,58-,59-,60-,61-,62-,69+/m0/s1. The number of aliphatic carboxylic acids is 1. The molecule has 672 valence electrons. The highest BCUT2D eigenvalue weighted by Crippen LogP contribution is 2.27. The largest absolute Gasteiger partial charge is 0.508 e. The van der Waals surface area contributed by atoms with Gasteiger partial charge in [-0.05, 0) is 130 Å². The van der Waals surface area contributed by atoms with E-state index >= 15 is 4.79 Å². The third-order valence-corrected chi connectivity index (χ3v) is 20.5. The molecule has 2 fully saturated rings. The Hall–Kier alpha value is -12.3. The molecular formula is C82H125N21O19. The van der Waals surface area contributed by atoms with Crippen molar-refractivity contribution in [3.63, 3.8) is 0 Å². The van der Waals surface area contributed by atoms with Crippen molar-refractivity contribution in [2.75, 3.05) is 66.0 Å². The first-order valence-electron chi connectivity index (χ1n) is 41.4. The van der Waals surface area contributed by atoms with Crippen molar-refractivity contribution in [2.24, 2.45) is 28.7 Å². The number of likely N-dealkylation sites (N-methyl/N-ethyl adjacent to an activating group) is 1. The van der Waals surface area contributed by atoms with Gasteiger partial charge in [0.2, 0.25) is 82.7 Å². The normalized spacial score (nSPS) is 16.3. The molecule has 0 aliphatic carbocycles. The van der Waals surface area contributed by atoms with Gasteiger partial charge in [-0.25, -0.2) is 4.79 Å². The third kappa shape index (κ3) is 34.4. The van der Waals surface area contributed by atoms with Crippen LogP contribution in [-0.2, 0) is 94.3 Å². The van der Waals surface area contributed by atoms with Gasteiger partial charge in [-0.15, -0.1) is 0 Å². The van der Waals surface area contributed by atoms with Crippen LogP contribution in [0.25, 0.3) is 0 Å². The number of carbonyl (C=O) groups is 17. The van der Waals surface area contributed by atoms with Crippen molar-refractivity contribution in [1.29, 1.82) is 10.8 Å². The lowest BCUT2D eigenvalue weighted by molar-refractivity contribution is -0.149. The summed E-state index contributed by atoms with van der Waals surface area (Å²) in [4.78, 5) is 235. The highest BCUT2D eigenvalue weighted by atomic mass is 16.4. The van der Waals surface area contributed by atoms with E-state index in [0.29, 0.717) is 36.8 Å². The zero-order chi connectivity index (χ0) is 90.5. The van der Waals surface area contributed by atoms with Crippen LogP contribution in [0, 0.1) is 28.1 Å². The van der Waals surface area contributed by atoms with Gasteiger partial charge >= 0.3 is 5.97 Å². The third-order valence-electron chi connectivity index (χ3n) is 20.5. The number of carbonyl (C=O) groups excluding carboxylic acids is 16. The summed E-state index contributed by atoms with van der Waals surface area (Å²) in [5.74, 6) is -12.8. The first kappa shape index (κ1) is 100. The van der Waals surface area contributed by atoms with Gasteiger partial charge in [0.05, 0.1) is 13.1 Å². The number of hydrogen-bond donors (Lipinski definition) is 19. The average molecular weight is 1710 g/mol. The number of nitrogens with zero attached hydrogens (tertiary/aromatic N) is 4. The number of carboxylic acid groups (broad SMARTS) is 1. The van der Waals surface area contributed by atoms with E-state index in [1.807, 2.05) is 27.7 Å². The van der Waals surface area contributed by atoms with Gasteiger partial charge in [0.1, 0.15) is 66.2 Å². The topological polar surface area (TPSA) is 600 Å². The first-order valence-corrected chi connectivity index (χ1v) is 41.4. The number of imide groups is 1. The lowest BCUT2D eigenvalue weighted by atomic mass is 9.85. The molecule has 40 heteroatoms. The second kappa shape index (κ2) is 50.1. The van der Waals surface area contributed by atoms with Crippen LogP contribution in [0.15, 0.2) is 66.7 Å². The fraction of sp³-hybridized carbons (Fsp3) is 0.598. The average Bonchev–Trinajstić information content (AvgIpc) is 1.62. The Labute approximate surface area is 710 Å². The Morgan fingerprint density at radius 1 is 0.508 bits per heavy atom. The number of rotatable bonds is 50. The number of carboxylic acids is 1. The van der Waals surface area contributed by atoms with Gasteiger partial charge < -0.3 is 105 Å². The van der Waals surface area contributed by atoms with Crippen LogP contribution in [0.3, 0.4) is 0 Å². The van der Waals surface area contributed by atoms with E-state index in [1.165, 1.54) is 52.9 Å². The van der Waals surface area contributed by atoms with E-state index in [9.17, 15) is 86.9 Å². The lowest BCUT2D eigenvalue weighted by Crippen LogP contribution is -2.62. The van der Waals surface area contributed by atoms with Gasteiger partial charge in [0.15, 0.2) is 11.9 Å². The maximum Gasteiger partial charge on any atom is 0.326 e. The molecule has 0 bridgehead atoms. The summed E-state index contributed by atoms with van der Waals surface area (Å²) in [6.07, 6.45) is 4.01. The van der Waals surface area contributed by atoms with Gasteiger partial charge in [-0.3, -0.25) is 92.4 Å². The fourth-order valence-corrected chi connectivity index (χ4v) is 14.2. The van der Waals surface area contributed by atoms with Crippen LogP contribution in [-0.4, -0.2) is 269 Å². The summed E-state index contributed by atoms with van der Waals surface area (Å²) < 4.78 is 0. The van der Waals surface area contributed by atoms with Gasteiger partial charge in [0, 0.05) is 97.6 Å². The highest BCUT2D eigenvalue weighted by molar-refractivity contribution is 6.13. The van der Waals surface area contributed by atoms with Crippen molar-refractivity contribution >= 4 is 112 Å². The summed E-state index contributed by atoms with van der Waals surface area (Å²) in [6, 6.07) is 1.88. The van der Waals surface area contributed by atoms with Crippen molar-refractivity contribution in [3.8, 4) is 5.75 Å². The van der Waals surface area contributed by atoms with E-state index < -0.39 is 179 Å². The fourth-order valence-electron chi connectivity index (χ4n) is 14.2. The molecule has 3 aliphatic rings. The summed E-state index contributed by atoms with van der Waals surface area (Å²) >= 11 is 0. The SMILES string of the molecule is CC(=O)N[C@@H](CCCCNC(=O)CCC(=O)NCC(=O)N[C@@H](Cc1ccccc1)C(=O)N[C@@H](CC(C)C)C(=O)NCC(=O)NCCCN1C(=O)C=CC1=O)C(=O)N1CCC[C@H]1C(=O)N[C@@H](CC(C)C)C(=O)N1CCC[C@H]1C(=O)N(C)[C@@H](CCCNC(=N)N)C(=O)N[C@H](C(=O)N[C@@H](CCCNC(=N)N)C(=O)N[C@@H](Cc1ccc(O)cc1)C(=O)O)C(C)(C)C. The van der Waals surface area contributed by atoms with Crippen LogP contribution in [0.4, 0.5) is 0 Å². The summed E-state index contributed by atoms with van der Waals surface area (Å²) in [7, 11) is 1.37. The van der Waals surface area contributed by atoms with E-state index in [0.717, 1.165) is 17.1 Å². The number of aromatic hydroxyl groups is 1. The second-order valence-electron chi connectivity index (χ2n) is 32.6. The number of likely N-dealkylation sites (tertiary alicyclic amines) is 2. The predicted molar refractivity (Wildman–Crippen MR) is 447 cm³/mol. The van der Waals surface area contributed by atoms with Crippen molar-refractivity contribution in [1.82, 2.24) is 88.7 Å². The summed E-state index contributed by atoms with van der Waals surface area (Å²) in [5.41, 5.74) is 11.1. The molecule has 21 N–H and O–H groups in total. The maximum atomic E-state index is 15.0. The number of nitrogens with two attached hydrogens (primary N) is 2. The predicted octanol–water partition coefficient (Wildman–Crippen LogP) is -2.12. The van der Waals surface area contributed by atoms with E-state index in [2.05, 4.69) is 69.1 Å². The molecule has 122 heavy (non-hydrogen) atoms. The molecule has 2 aromatic carbocycles. The van der Waals surface area contributed by atoms with Crippen LogP contribution < -0.4 is 80.6 Å². The Bertz CT molecular complexity index is 4030. The molecule has 16 amide bonds. The molecule has 0 radical (unpaired) electrons. The van der Waals surface area contributed by atoms with E-state index in [1.54, 1.807) is 51.1 Å². The van der Waals surface area contributed by atoms with E-state index in [-0.39, 0.29) is 165 Å². The van der Waals surface area contributed by atoms with Crippen LogP contribution in [0.1, 0.15) is 169 Å². The van der Waals surface area contributed by atoms with Gasteiger partial charge in [0.25, 0.3) is 11.8 Å². The molecule has 3 heterocycles. The van der Waals surface area contributed by atoms with Crippen molar-refractivity contribution in [2.45, 2.75) is 231 Å². The molecule has 2 saturated heterocycles. The lowest BCUT2D eigenvalue weighted by Gasteiger charge is -2.37. The molecule has 5 rings (SSSR count). The first-order chi connectivity index (χ1) is 57.6. The molecule has 0 unspecified atom stereocenters. The molecule has 0 aromatic heterocycles. The van der Waals surface area contributed by atoms with E-state index in [4.69, 9.17) is 22.3 Å². The second-order valence-corrected chi connectivity index (χ2v) is 32.6. The molecule has 0 spiro atoms. The number of hydrogen-bond acceptors (Lipinski definition) is 20. The summed E-state index contributed by atoms with van der Waals surface area (Å²) in [6.45, 7) is 13.2. The molecular weight excluding hydrogens is 1580 g/mol. The molecule has 0 saturated carbocycles. The Kier molecular flexibility index (Phi) is 41.2. The zero-order valence-corrected chi connectivity index (χ0v) is 71.1.